The normalized spacial score (nSPS) is 15.4. The number of aryl methyl sites for hydroxylation is 2. The fourth-order valence-corrected chi connectivity index (χ4v) is 5.06. The lowest BCUT2D eigenvalue weighted by molar-refractivity contribution is 0.0951. The topological polar surface area (TPSA) is 75.3 Å². The van der Waals surface area contributed by atoms with Gasteiger partial charge < -0.3 is 5.32 Å². The maximum Gasteiger partial charge on any atom is 0.261 e. The van der Waals surface area contributed by atoms with Crippen LogP contribution in [0.4, 0.5) is 5.69 Å². The van der Waals surface area contributed by atoms with Crippen LogP contribution in [0.2, 0.25) is 0 Å². The molecule has 0 aromatic heterocycles. The Labute approximate surface area is 180 Å². The summed E-state index contributed by atoms with van der Waals surface area (Å²) in [6.45, 7) is 4.38. The first kappa shape index (κ1) is 22.3. The van der Waals surface area contributed by atoms with Gasteiger partial charge in [0, 0.05) is 12.1 Å². The van der Waals surface area contributed by atoms with Crippen molar-refractivity contribution in [2.75, 3.05) is 11.3 Å². The number of carbonyl (C=O) groups excluding carboxylic acids is 1. The van der Waals surface area contributed by atoms with Crippen molar-refractivity contribution >= 4 is 21.6 Å². The molecule has 0 saturated heterocycles. The number of hydrogen-bond donors (Lipinski definition) is 2. The van der Waals surface area contributed by atoms with Gasteiger partial charge in [0.25, 0.3) is 15.9 Å². The van der Waals surface area contributed by atoms with E-state index >= 15 is 0 Å². The zero-order valence-electron chi connectivity index (χ0n) is 17.9. The van der Waals surface area contributed by atoms with Gasteiger partial charge >= 0.3 is 0 Å². The summed E-state index contributed by atoms with van der Waals surface area (Å²) in [4.78, 5) is 12.8. The van der Waals surface area contributed by atoms with Crippen molar-refractivity contribution in [2.24, 2.45) is 5.92 Å². The summed E-state index contributed by atoms with van der Waals surface area (Å²) in [7, 11) is -3.71. The third kappa shape index (κ3) is 6.08. The van der Waals surface area contributed by atoms with E-state index < -0.39 is 10.0 Å². The fourth-order valence-electron chi connectivity index (χ4n) is 3.94. The second kappa shape index (κ2) is 10.1. The van der Waals surface area contributed by atoms with Gasteiger partial charge in [0.1, 0.15) is 0 Å². The van der Waals surface area contributed by atoms with Crippen LogP contribution in [0.3, 0.4) is 0 Å². The predicted molar refractivity (Wildman–Crippen MR) is 121 cm³/mol. The SMILES string of the molecule is Cc1ccc(S(=O)(=O)Nc2cc(C(=O)NCCC3CCCCCC3)ccc2C)cc1. The molecule has 1 aliphatic carbocycles. The van der Waals surface area contributed by atoms with E-state index in [1.54, 1.807) is 42.5 Å². The molecular formula is C24H32N2O3S. The molecule has 2 N–H and O–H groups in total. The van der Waals surface area contributed by atoms with Crippen molar-refractivity contribution < 1.29 is 13.2 Å². The maximum absolute atomic E-state index is 12.7. The Bertz CT molecular complexity index is 960. The summed E-state index contributed by atoms with van der Waals surface area (Å²) in [6.07, 6.45) is 8.75. The Morgan fingerprint density at radius 1 is 0.967 bits per heavy atom. The molecule has 0 bridgehead atoms. The van der Waals surface area contributed by atoms with Crippen LogP contribution in [-0.2, 0) is 10.0 Å². The molecule has 0 radical (unpaired) electrons. The first-order valence-corrected chi connectivity index (χ1v) is 12.3. The molecule has 0 spiro atoms. The van der Waals surface area contributed by atoms with Gasteiger partial charge in [-0.2, -0.15) is 0 Å². The van der Waals surface area contributed by atoms with Crippen molar-refractivity contribution in [3.8, 4) is 0 Å². The lowest BCUT2D eigenvalue weighted by Gasteiger charge is -2.15. The smallest absolute Gasteiger partial charge is 0.261 e. The summed E-state index contributed by atoms with van der Waals surface area (Å²) >= 11 is 0. The molecule has 162 valence electrons. The highest BCUT2D eigenvalue weighted by molar-refractivity contribution is 7.92. The van der Waals surface area contributed by atoms with Crippen LogP contribution >= 0.6 is 0 Å². The summed E-state index contributed by atoms with van der Waals surface area (Å²) in [5.41, 5.74) is 2.64. The van der Waals surface area contributed by atoms with E-state index in [4.69, 9.17) is 0 Å². The molecular weight excluding hydrogens is 396 g/mol. The highest BCUT2D eigenvalue weighted by Gasteiger charge is 2.17. The molecule has 1 amide bonds. The van der Waals surface area contributed by atoms with Gasteiger partial charge in [0.15, 0.2) is 0 Å². The van der Waals surface area contributed by atoms with E-state index in [1.165, 1.54) is 38.5 Å². The van der Waals surface area contributed by atoms with Crippen LogP contribution < -0.4 is 10.0 Å². The Kier molecular flexibility index (Phi) is 7.53. The largest absolute Gasteiger partial charge is 0.352 e. The van der Waals surface area contributed by atoms with E-state index in [0.717, 1.165) is 17.5 Å². The number of nitrogens with one attached hydrogen (secondary N) is 2. The summed E-state index contributed by atoms with van der Waals surface area (Å²) in [6, 6.07) is 11.8. The highest BCUT2D eigenvalue weighted by atomic mass is 32.2. The first-order chi connectivity index (χ1) is 14.3. The van der Waals surface area contributed by atoms with E-state index in [2.05, 4.69) is 10.0 Å². The third-order valence-corrected chi connectivity index (χ3v) is 7.27. The van der Waals surface area contributed by atoms with Crippen LogP contribution in [0.1, 0.15) is 66.4 Å². The van der Waals surface area contributed by atoms with E-state index in [1.807, 2.05) is 13.8 Å². The van der Waals surface area contributed by atoms with E-state index in [-0.39, 0.29) is 10.8 Å². The van der Waals surface area contributed by atoms with Gasteiger partial charge in [0.05, 0.1) is 10.6 Å². The Hall–Kier alpha value is -2.34. The van der Waals surface area contributed by atoms with Crippen LogP contribution in [0.5, 0.6) is 0 Å². The van der Waals surface area contributed by atoms with Crippen LogP contribution in [0.25, 0.3) is 0 Å². The average molecular weight is 429 g/mol. The molecule has 1 aliphatic rings. The number of sulfonamides is 1. The molecule has 5 nitrogen and oxygen atoms in total. The second-order valence-electron chi connectivity index (χ2n) is 8.35. The molecule has 3 rings (SSSR count). The Balaban J connectivity index is 1.63. The number of benzene rings is 2. The van der Waals surface area contributed by atoms with Gasteiger partial charge in [-0.1, -0.05) is 62.3 Å². The van der Waals surface area contributed by atoms with Gasteiger partial charge in [0.2, 0.25) is 0 Å². The van der Waals surface area contributed by atoms with E-state index in [0.29, 0.717) is 23.7 Å². The zero-order chi connectivity index (χ0) is 21.6. The minimum Gasteiger partial charge on any atom is -0.352 e. The molecule has 6 heteroatoms. The van der Waals surface area contributed by atoms with E-state index in [9.17, 15) is 13.2 Å². The minimum atomic E-state index is -3.71. The quantitative estimate of drug-likeness (QED) is 0.596. The molecule has 0 atom stereocenters. The Morgan fingerprint density at radius 2 is 1.63 bits per heavy atom. The maximum atomic E-state index is 12.7. The lowest BCUT2D eigenvalue weighted by atomic mass is 9.97. The van der Waals surface area contributed by atoms with Crippen molar-refractivity contribution in [2.45, 2.75) is 63.7 Å². The monoisotopic (exact) mass is 428 g/mol. The van der Waals surface area contributed by atoms with Gasteiger partial charge in [-0.15, -0.1) is 0 Å². The summed E-state index contributed by atoms with van der Waals surface area (Å²) < 4.78 is 28.0. The number of hydrogen-bond acceptors (Lipinski definition) is 3. The third-order valence-electron chi connectivity index (χ3n) is 5.89. The number of carbonyl (C=O) groups is 1. The van der Waals surface area contributed by atoms with Crippen molar-refractivity contribution in [3.05, 3.63) is 59.2 Å². The molecule has 0 aliphatic heterocycles. The standard InChI is InChI=1S/C24H32N2O3S/c1-18-9-13-22(14-10-18)30(28,29)26-23-17-21(12-11-19(23)2)24(27)25-16-15-20-7-5-3-4-6-8-20/h9-14,17,20,26H,3-8,15-16H2,1-2H3,(H,25,27). The second-order valence-corrected chi connectivity index (χ2v) is 10.0. The van der Waals surface area contributed by atoms with Crippen molar-refractivity contribution in [3.63, 3.8) is 0 Å². The molecule has 0 unspecified atom stereocenters. The molecule has 1 saturated carbocycles. The van der Waals surface area contributed by atoms with Crippen LogP contribution in [-0.4, -0.2) is 20.9 Å². The lowest BCUT2D eigenvalue weighted by Crippen LogP contribution is -2.26. The van der Waals surface area contributed by atoms with Crippen molar-refractivity contribution in [1.29, 1.82) is 0 Å². The predicted octanol–water partition coefficient (Wildman–Crippen LogP) is 5.19. The van der Waals surface area contributed by atoms with Crippen molar-refractivity contribution in [1.82, 2.24) is 5.32 Å². The van der Waals surface area contributed by atoms with Crippen LogP contribution in [0, 0.1) is 19.8 Å². The average Bonchev–Trinajstić information content (AvgIpc) is 2.98. The molecule has 2 aromatic rings. The van der Waals surface area contributed by atoms with Gasteiger partial charge in [-0.05, 0) is 56.0 Å². The fraction of sp³-hybridized carbons (Fsp3) is 0.458. The summed E-state index contributed by atoms with van der Waals surface area (Å²) in [5.74, 6) is 0.530. The summed E-state index contributed by atoms with van der Waals surface area (Å²) in [5, 5.41) is 3.00. The number of amides is 1. The minimum absolute atomic E-state index is 0.167. The molecule has 1 fully saturated rings. The molecule has 2 aromatic carbocycles. The van der Waals surface area contributed by atoms with Gasteiger partial charge in [-0.3, -0.25) is 9.52 Å². The zero-order valence-corrected chi connectivity index (χ0v) is 18.7. The van der Waals surface area contributed by atoms with Crippen LogP contribution in [0.15, 0.2) is 47.4 Å². The Morgan fingerprint density at radius 3 is 2.30 bits per heavy atom. The highest BCUT2D eigenvalue weighted by Crippen LogP contribution is 2.25. The molecule has 0 heterocycles. The number of anilines is 1. The van der Waals surface area contributed by atoms with Gasteiger partial charge in [-0.25, -0.2) is 8.42 Å². The number of rotatable bonds is 7. The molecule has 30 heavy (non-hydrogen) atoms. The first-order valence-electron chi connectivity index (χ1n) is 10.8.